The van der Waals surface area contributed by atoms with Crippen LogP contribution in [0, 0.1) is 5.41 Å². The molecule has 20 heavy (non-hydrogen) atoms. The molecule has 0 saturated carbocycles. The molecule has 0 aromatic carbocycles. The normalized spacial score (nSPS) is 20.6. The molecule has 0 bridgehead atoms. The minimum absolute atomic E-state index is 0.106. The zero-order chi connectivity index (χ0) is 15.2. The van der Waals surface area contributed by atoms with Crippen molar-refractivity contribution in [1.82, 2.24) is 15.4 Å². The summed E-state index contributed by atoms with van der Waals surface area (Å²) in [4.78, 5) is 11.6. The SMILES string of the molecule is CNC(=O)C(C)(C)CNS(=O)(=O)CCC1CCCCN1. The summed E-state index contributed by atoms with van der Waals surface area (Å²) in [5.41, 5.74) is -0.745. The summed E-state index contributed by atoms with van der Waals surface area (Å²) in [7, 11) is -1.78. The van der Waals surface area contributed by atoms with Gasteiger partial charge in [0.05, 0.1) is 11.2 Å². The highest BCUT2D eigenvalue weighted by Crippen LogP contribution is 2.14. The molecule has 1 aliphatic rings. The zero-order valence-corrected chi connectivity index (χ0v) is 13.5. The van der Waals surface area contributed by atoms with Crippen LogP contribution in [0.3, 0.4) is 0 Å². The quantitative estimate of drug-likeness (QED) is 0.627. The van der Waals surface area contributed by atoms with Crippen molar-refractivity contribution in [2.75, 3.05) is 25.9 Å². The summed E-state index contributed by atoms with van der Waals surface area (Å²) in [5, 5.41) is 5.88. The standard InChI is InChI=1S/C13H27N3O3S/c1-13(2,12(17)14-3)10-16-20(18,19)9-7-11-6-4-5-8-15-11/h11,15-16H,4-10H2,1-3H3,(H,14,17). The lowest BCUT2D eigenvalue weighted by Crippen LogP contribution is -2.44. The Morgan fingerprint density at radius 1 is 1.35 bits per heavy atom. The van der Waals surface area contributed by atoms with E-state index >= 15 is 0 Å². The lowest BCUT2D eigenvalue weighted by atomic mass is 9.93. The predicted octanol–water partition coefficient (Wildman–Crippen LogP) is 0.210. The molecule has 7 heteroatoms. The lowest BCUT2D eigenvalue weighted by molar-refractivity contribution is -0.128. The number of carbonyl (C=O) groups excluding carboxylic acids is 1. The van der Waals surface area contributed by atoms with E-state index in [4.69, 9.17) is 0 Å². The second kappa shape index (κ2) is 7.38. The fourth-order valence-electron chi connectivity index (χ4n) is 2.25. The molecule has 0 aromatic rings. The number of piperidine rings is 1. The third-order valence-corrected chi connectivity index (χ3v) is 5.08. The van der Waals surface area contributed by atoms with Crippen molar-refractivity contribution >= 4 is 15.9 Å². The van der Waals surface area contributed by atoms with Crippen LogP contribution in [0.15, 0.2) is 0 Å². The highest BCUT2D eigenvalue weighted by molar-refractivity contribution is 7.89. The topological polar surface area (TPSA) is 87.3 Å². The average molecular weight is 305 g/mol. The van der Waals surface area contributed by atoms with E-state index in [1.54, 1.807) is 20.9 Å². The minimum Gasteiger partial charge on any atom is -0.359 e. The van der Waals surface area contributed by atoms with Crippen molar-refractivity contribution in [3.05, 3.63) is 0 Å². The van der Waals surface area contributed by atoms with Crippen molar-refractivity contribution in [1.29, 1.82) is 0 Å². The summed E-state index contributed by atoms with van der Waals surface area (Å²) in [6, 6.07) is 0.298. The molecule has 118 valence electrons. The van der Waals surface area contributed by atoms with Gasteiger partial charge in [0.2, 0.25) is 15.9 Å². The first-order valence-electron chi connectivity index (χ1n) is 7.20. The van der Waals surface area contributed by atoms with Crippen molar-refractivity contribution in [3.8, 4) is 0 Å². The van der Waals surface area contributed by atoms with E-state index < -0.39 is 15.4 Å². The summed E-state index contributed by atoms with van der Waals surface area (Å²) >= 11 is 0. The van der Waals surface area contributed by atoms with Gasteiger partial charge >= 0.3 is 0 Å². The van der Waals surface area contributed by atoms with Crippen LogP contribution in [-0.4, -0.2) is 46.3 Å². The van der Waals surface area contributed by atoms with E-state index in [0.29, 0.717) is 12.5 Å². The van der Waals surface area contributed by atoms with E-state index in [1.165, 1.54) is 6.42 Å². The van der Waals surface area contributed by atoms with Gasteiger partial charge in [-0.2, -0.15) is 0 Å². The Kier molecular flexibility index (Phi) is 6.42. The molecule has 1 amide bonds. The molecule has 1 aliphatic heterocycles. The molecule has 0 spiro atoms. The molecule has 1 atom stereocenters. The molecule has 0 radical (unpaired) electrons. The maximum atomic E-state index is 12.0. The largest absolute Gasteiger partial charge is 0.359 e. The molecule has 6 nitrogen and oxygen atoms in total. The number of nitrogens with one attached hydrogen (secondary N) is 3. The second-order valence-corrected chi connectivity index (χ2v) is 7.96. The number of hydrogen-bond donors (Lipinski definition) is 3. The highest BCUT2D eigenvalue weighted by atomic mass is 32.2. The molecular formula is C13H27N3O3S. The Labute approximate surface area is 122 Å². The van der Waals surface area contributed by atoms with Crippen molar-refractivity contribution in [2.24, 2.45) is 5.41 Å². The van der Waals surface area contributed by atoms with E-state index in [1.807, 2.05) is 0 Å². The highest BCUT2D eigenvalue weighted by Gasteiger charge is 2.28. The Hall–Kier alpha value is -0.660. The molecule has 1 fully saturated rings. The maximum Gasteiger partial charge on any atom is 0.226 e. The molecule has 1 unspecified atom stereocenters. The molecule has 1 saturated heterocycles. The van der Waals surface area contributed by atoms with Gasteiger partial charge in [-0.3, -0.25) is 4.79 Å². The van der Waals surface area contributed by atoms with Crippen molar-refractivity contribution in [2.45, 2.75) is 45.6 Å². The van der Waals surface area contributed by atoms with Crippen LogP contribution in [0.1, 0.15) is 39.5 Å². The Balaban J connectivity index is 2.39. The smallest absolute Gasteiger partial charge is 0.226 e. The molecule has 0 aromatic heterocycles. The summed E-state index contributed by atoms with van der Waals surface area (Å²) in [5.74, 6) is -0.0664. The Morgan fingerprint density at radius 3 is 2.60 bits per heavy atom. The summed E-state index contributed by atoms with van der Waals surface area (Å²) in [6.45, 7) is 4.53. The van der Waals surface area contributed by atoms with Gasteiger partial charge in [-0.15, -0.1) is 0 Å². The van der Waals surface area contributed by atoms with Crippen LogP contribution in [-0.2, 0) is 14.8 Å². The molecule has 3 N–H and O–H groups in total. The Bertz CT molecular complexity index is 415. The fourth-order valence-corrected chi connectivity index (χ4v) is 3.57. The number of amides is 1. The van der Waals surface area contributed by atoms with Crippen LogP contribution in [0.4, 0.5) is 0 Å². The van der Waals surface area contributed by atoms with E-state index in [0.717, 1.165) is 19.4 Å². The van der Waals surface area contributed by atoms with Gasteiger partial charge in [-0.05, 0) is 39.7 Å². The van der Waals surface area contributed by atoms with Crippen molar-refractivity contribution < 1.29 is 13.2 Å². The fraction of sp³-hybridized carbons (Fsp3) is 0.923. The first kappa shape index (κ1) is 17.4. The third-order valence-electron chi connectivity index (χ3n) is 3.72. The van der Waals surface area contributed by atoms with Crippen LogP contribution in [0.25, 0.3) is 0 Å². The van der Waals surface area contributed by atoms with Crippen LogP contribution in [0.2, 0.25) is 0 Å². The van der Waals surface area contributed by atoms with Crippen LogP contribution >= 0.6 is 0 Å². The molecule has 1 heterocycles. The lowest BCUT2D eigenvalue weighted by Gasteiger charge is -2.25. The van der Waals surface area contributed by atoms with E-state index in [2.05, 4.69) is 15.4 Å². The summed E-state index contributed by atoms with van der Waals surface area (Å²) in [6.07, 6.45) is 3.99. The summed E-state index contributed by atoms with van der Waals surface area (Å²) < 4.78 is 26.5. The van der Waals surface area contributed by atoms with Gasteiger partial charge < -0.3 is 10.6 Å². The first-order chi connectivity index (χ1) is 9.27. The van der Waals surface area contributed by atoms with Crippen molar-refractivity contribution in [3.63, 3.8) is 0 Å². The molecule has 0 aliphatic carbocycles. The monoisotopic (exact) mass is 305 g/mol. The maximum absolute atomic E-state index is 12.0. The van der Waals surface area contributed by atoms with E-state index in [9.17, 15) is 13.2 Å². The van der Waals surface area contributed by atoms with Gasteiger partial charge in [0.25, 0.3) is 0 Å². The minimum atomic E-state index is -3.33. The zero-order valence-electron chi connectivity index (χ0n) is 12.7. The molecular weight excluding hydrogens is 278 g/mol. The van der Waals surface area contributed by atoms with Crippen LogP contribution < -0.4 is 15.4 Å². The Morgan fingerprint density at radius 2 is 2.05 bits per heavy atom. The predicted molar refractivity (Wildman–Crippen MR) is 79.9 cm³/mol. The van der Waals surface area contributed by atoms with Gasteiger partial charge in [0.15, 0.2) is 0 Å². The van der Waals surface area contributed by atoms with Gasteiger partial charge in [-0.25, -0.2) is 13.1 Å². The number of carbonyl (C=O) groups is 1. The number of sulfonamides is 1. The van der Waals surface area contributed by atoms with Gasteiger partial charge in [0.1, 0.15) is 0 Å². The average Bonchev–Trinajstić information content (AvgIpc) is 2.43. The number of rotatable bonds is 7. The first-order valence-corrected chi connectivity index (χ1v) is 8.85. The van der Waals surface area contributed by atoms with Gasteiger partial charge in [0, 0.05) is 19.6 Å². The number of hydrogen-bond acceptors (Lipinski definition) is 4. The van der Waals surface area contributed by atoms with Crippen LogP contribution in [0.5, 0.6) is 0 Å². The second-order valence-electron chi connectivity index (χ2n) is 6.04. The molecule has 1 rings (SSSR count). The van der Waals surface area contributed by atoms with E-state index in [-0.39, 0.29) is 18.2 Å². The third kappa shape index (κ3) is 5.76. The van der Waals surface area contributed by atoms with Gasteiger partial charge in [-0.1, -0.05) is 6.42 Å².